The molecule has 0 amide bonds. The molecular weight excluding hydrogens is 811 g/mol. The van der Waals surface area contributed by atoms with E-state index in [4.69, 9.17) is 58.1 Å². The fraction of sp³-hybridized carbons (Fsp3) is 1.00. The molecule has 0 saturated carbocycles. The number of halogens is 2. The molecule has 0 aliphatic heterocycles. The summed E-state index contributed by atoms with van der Waals surface area (Å²) < 4.78 is 42.0. The monoisotopic (exact) mass is 894 g/mol. The predicted molar refractivity (Wildman–Crippen MR) is 235 cm³/mol. The summed E-state index contributed by atoms with van der Waals surface area (Å²) in [6.45, 7) is 7.32. The van der Waals surface area contributed by atoms with Gasteiger partial charge in [0, 0.05) is 193 Å². The van der Waals surface area contributed by atoms with E-state index < -0.39 is 0 Å². The van der Waals surface area contributed by atoms with E-state index in [9.17, 15) is 0 Å². The minimum absolute atomic E-state index is 0.194. The van der Waals surface area contributed by atoms with Crippen LogP contribution in [0.15, 0.2) is 0 Å². The molecule has 0 saturated heterocycles. The fourth-order valence-electron chi connectivity index (χ4n) is 5.94. The first-order valence-corrected chi connectivity index (χ1v) is 30.6. The van der Waals surface area contributed by atoms with Gasteiger partial charge in [0.15, 0.2) is 0 Å². The quantitative estimate of drug-likeness (QED) is 0.0348. The van der Waals surface area contributed by atoms with E-state index in [1.165, 1.54) is 125 Å². The van der Waals surface area contributed by atoms with Gasteiger partial charge in [0.25, 0.3) is 0 Å². The van der Waals surface area contributed by atoms with Gasteiger partial charge in [0.2, 0.25) is 0 Å². The zero-order chi connectivity index (χ0) is 38.5. The molecule has 0 N–H and O–H groups in total. The Kier molecular flexibility index (Phi) is 59.5. The summed E-state index contributed by atoms with van der Waals surface area (Å²) in [4.78, 5) is 0. The van der Waals surface area contributed by atoms with Gasteiger partial charge in [-0.25, -0.2) is 0 Å². The average Bonchev–Trinajstić information content (AvgIpc) is 3.13. The number of ether oxygens (including phenoxy) is 8. The van der Waals surface area contributed by atoms with E-state index in [2.05, 4.69) is 0 Å². The van der Waals surface area contributed by atoms with E-state index in [0.29, 0.717) is 0 Å². The molecule has 0 fully saturated rings. The van der Waals surface area contributed by atoms with Gasteiger partial charge in [-0.05, 0) is 0 Å². The molecule has 0 heterocycles. The van der Waals surface area contributed by atoms with E-state index in [0.717, 1.165) is 52.9 Å². The normalized spacial score (nSPS) is 11.5. The summed E-state index contributed by atoms with van der Waals surface area (Å²) in [5.74, 6) is 0. The molecule has 8 nitrogen and oxygen atoms in total. The molecule has 0 bridgehead atoms. The van der Waals surface area contributed by atoms with Crippen LogP contribution >= 0.6 is 51.9 Å². The van der Waals surface area contributed by atoms with Crippen molar-refractivity contribution >= 4 is 51.9 Å². The van der Waals surface area contributed by atoms with Crippen molar-refractivity contribution in [2.75, 3.05) is 184 Å². The first-order valence-electron chi connectivity index (χ1n) is 19.1. The Morgan fingerprint density at radius 1 is 0.275 bits per heavy atom. The molecule has 0 spiro atoms. The van der Waals surface area contributed by atoms with Crippen molar-refractivity contribution in [3.8, 4) is 0 Å². The third-order valence-electron chi connectivity index (χ3n) is 8.69. The predicted octanol–water partition coefficient (Wildman–Crippen LogP) is 8.50. The van der Waals surface area contributed by atoms with Crippen LogP contribution in [0.5, 0.6) is 0 Å². The van der Waals surface area contributed by atoms with Gasteiger partial charge in [-0.15, -0.1) is 0 Å². The van der Waals surface area contributed by atoms with Crippen molar-refractivity contribution in [1.29, 1.82) is 0 Å². The Balaban J connectivity index is -0.000000838. The van der Waals surface area contributed by atoms with Crippen LogP contribution in [0, 0.1) is 0 Å². The second-order valence-corrected chi connectivity index (χ2v) is 26.6. The van der Waals surface area contributed by atoms with Crippen LogP contribution in [0.3, 0.4) is 0 Å². The number of methoxy groups -OCH3 is 8. The van der Waals surface area contributed by atoms with Crippen molar-refractivity contribution < 1.29 is 51.0 Å². The van der Waals surface area contributed by atoms with Crippen LogP contribution in [-0.2, 0) is 51.0 Å². The van der Waals surface area contributed by atoms with Gasteiger partial charge in [0.1, 0.15) is 0 Å². The van der Waals surface area contributed by atoms with E-state index >= 15 is 0 Å². The molecular formula is C36H84Cl2FeO8P4+4. The number of hydrogen-bond donors (Lipinski definition) is 0. The van der Waals surface area contributed by atoms with E-state index in [1.807, 2.05) is 56.9 Å². The van der Waals surface area contributed by atoms with Crippen molar-refractivity contribution in [3.05, 3.63) is 0 Å². The van der Waals surface area contributed by atoms with Crippen molar-refractivity contribution in [3.63, 3.8) is 0 Å². The van der Waals surface area contributed by atoms with Gasteiger partial charge >= 0.3 is 33.3 Å². The Morgan fingerprint density at radius 3 is 0.490 bits per heavy atom. The molecule has 0 aromatic carbocycles. The summed E-state index contributed by atoms with van der Waals surface area (Å²) in [6, 6.07) is 0. The first kappa shape index (κ1) is 57.8. The third kappa shape index (κ3) is 48.6. The molecule has 314 valence electrons. The Hall–Kier alpha value is 2.50. The SMILES string of the molecule is COCCC[PH+](CCCOC)CC[PH+](CCCOC)CCCOC.COCCC[PH+](CCCOC)CC[PH+](CCCOC)CCCOC.[Cl][Fe][Cl]. The standard InChI is InChI=1S/2C18H40O4P2.2ClH.Fe/c2*1-19-9-5-13-23(14-6-10-20-2)17-18-24(15-7-11-21-3)16-8-12-22-4;;;/h2*5-18H2,1-4H3;2*1H;/q;;;;+2/p+2. The first-order chi connectivity index (χ1) is 25.0. The number of rotatable bonds is 38. The topological polar surface area (TPSA) is 73.8 Å². The fourth-order valence-corrected chi connectivity index (χ4v) is 19.8. The van der Waals surface area contributed by atoms with Crippen LogP contribution in [0.2, 0.25) is 0 Å². The van der Waals surface area contributed by atoms with E-state index in [-0.39, 0.29) is 44.8 Å². The molecule has 0 aliphatic rings. The molecule has 51 heavy (non-hydrogen) atoms. The Labute approximate surface area is 336 Å². The second-order valence-electron chi connectivity index (χ2n) is 12.8. The zero-order valence-corrected chi connectivity index (χ0v) is 40.8. The Bertz CT molecular complexity index is 483. The third-order valence-corrected chi connectivity index (χ3v) is 22.0. The maximum absolute atomic E-state index is 5.24. The second kappa shape index (κ2) is 52.5. The van der Waals surface area contributed by atoms with Gasteiger partial charge < -0.3 is 37.9 Å². The molecule has 0 radical (unpaired) electrons. The van der Waals surface area contributed by atoms with Crippen LogP contribution in [0.4, 0.5) is 0 Å². The summed E-state index contributed by atoms with van der Waals surface area (Å²) in [5, 5.41) is 0. The zero-order valence-electron chi connectivity index (χ0n) is 34.2. The maximum atomic E-state index is 5.24. The van der Waals surface area contributed by atoms with Gasteiger partial charge in [0.05, 0.1) is 73.9 Å². The van der Waals surface area contributed by atoms with Crippen LogP contribution in [0.25, 0.3) is 0 Å². The average molecular weight is 896 g/mol. The van der Waals surface area contributed by atoms with E-state index in [1.54, 1.807) is 0 Å². The molecule has 15 heteroatoms. The van der Waals surface area contributed by atoms with Crippen LogP contribution in [-0.4, -0.2) is 184 Å². The van der Waals surface area contributed by atoms with Crippen molar-refractivity contribution in [2.45, 2.75) is 51.4 Å². The molecule has 0 rings (SSSR count). The summed E-state index contributed by atoms with van der Waals surface area (Å²) >= 11 is 0.194. The molecule has 0 unspecified atom stereocenters. The van der Waals surface area contributed by atoms with Crippen LogP contribution < -0.4 is 0 Å². The van der Waals surface area contributed by atoms with Crippen molar-refractivity contribution in [2.24, 2.45) is 0 Å². The molecule has 0 aromatic rings. The Morgan fingerprint density at radius 2 is 0.392 bits per heavy atom. The minimum atomic E-state index is -0.242. The van der Waals surface area contributed by atoms with Gasteiger partial charge in [-0.1, -0.05) is 0 Å². The summed E-state index contributed by atoms with van der Waals surface area (Å²) in [6.07, 6.45) is 26.9. The van der Waals surface area contributed by atoms with Crippen LogP contribution in [0.1, 0.15) is 51.4 Å². The van der Waals surface area contributed by atoms with Gasteiger partial charge in [-0.2, -0.15) is 0 Å². The summed E-state index contributed by atoms with van der Waals surface area (Å²) in [7, 11) is 23.0. The number of hydrogen-bond acceptors (Lipinski definition) is 8. The molecule has 0 atom stereocenters. The molecule has 0 aliphatic carbocycles. The molecule has 0 aromatic heterocycles. The van der Waals surface area contributed by atoms with Gasteiger partial charge in [-0.3, -0.25) is 0 Å². The van der Waals surface area contributed by atoms with Crippen molar-refractivity contribution in [1.82, 2.24) is 0 Å². The summed E-state index contributed by atoms with van der Waals surface area (Å²) in [5.41, 5.74) is 0.